The van der Waals surface area contributed by atoms with Crippen molar-refractivity contribution < 1.29 is 4.92 Å². The first-order valence-corrected chi connectivity index (χ1v) is 4.39. The van der Waals surface area contributed by atoms with E-state index in [1.165, 1.54) is 6.42 Å². The first-order valence-electron chi connectivity index (χ1n) is 4.39. The summed E-state index contributed by atoms with van der Waals surface area (Å²) >= 11 is 0. The molecule has 0 unspecified atom stereocenters. The van der Waals surface area contributed by atoms with E-state index in [-0.39, 0.29) is 11.0 Å². The molecule has 2 atom stereocenters. The van der Waals surface area contributed by atoms with Crippen molar-refractivity contribution in [2.24, 2.45) is 5.92 Å². The average Bonchev–Trinajstić information content (AvgIpc) is 2.04. The Hall–Kier alpha value is -0.600. The van der Waals surface area contributed by atoms with Crippen molar-refractivity contribution in [3.63, 3.8) is 0 Å². The molecule has 0 aromatic carbocycles. The van der Waals surface area contributed by atoms with E-state index < -0.39 is 0 Å². The zero-order valence-electron chi connectivity index (χ0n) is 6.95. The molecule has 1 fully saturated rings. The molecule has 0 heterocycles. The molecular formula is C8H15NO2. The number of hydrogen-bond acceptors (Lipinski definition) is 2. The predicted octanol–water partition coefficient (Wildman–Crippen LogP) is 2.23. The SMILES string of the molecule is CC[C@@H]1CCCC[C@@H]1[N+](=O)[O-]. The maximum absolute atomic E-state index is 10.5. The Morgan fingerprint density at radius 3 is 2.55 bits per heavy atom. The van der Waals surface area contributed by atoms with Gasteiger partial charge in [-0.15, -0.1) is 0 Å². The van der Waals surface area contributed by atoms with Crippen LogP contribution in [0.3, 0.4) is 0 Å². The van der Waals surface area contributed by atoms with E-state index in [4.69, 9.17) is 0 Å². The van der Waals surface area contributed by atoms with Crippen molar-refractivity contribution in [3.05, 3.63) is 10.1 Å². The third kappa shape index (κ3) is 1.91. The molecule has 1 rings (SSSR count). The lowest BCUT2D eigenvalue weighted by Gasteiger charge is -2.23. The highest BCUT2D eigenvalue weighted by molar-refractivity contribution is 4.73. The molecule has 3 heteroatoms. The lowest BCUT2D eigenvalue weighted by atomic mass is 9.83. The fourth-order valence-corrected chi connectivity index (χ4v) is 1.94. The number of rotatable bonds is 2. The second-order valence-electron chi connectivity index (χ2n) is 3.31. The third-order valence-corrected chi connectivity index (χ3v) is 2.66. The Labute approximate surface area is 66.9 Å². The Balaban J connectivity index is 2.51. The summed E-state index contributed by atoms with van der Waals surface area (Å²) in [5.74, 6) is 0.346. The third-order valence-electron chi connectivity index (χ3n) is 2.66. The molecule has 0 radical (unpaired) electrons. The molecule has 0 N–H and O–H groups in total. The predicted molar refractivity (Wildman–Crippen MR) is 43.0 cm³/mol. The molecular weight excluding hydrogens is 142 g/mol. The van der Waals surface area contributed by atoms with E-state index in [0.717, 1.165) is 25.7 Å². The molecule has 1 saturated carbocycles. The summed E-state index contributed by atoms with van der Waals surface area (Å²) < 4.78 is 0. The zero-order valence-corrected chi connectivity index (χ0v) is 6.95. The van der Waals surface area contributed by atoms with Crippen LogP contribution >= 0.6 is 0 Å². The molecule has 0 spiro atoms. The largest absolute Gasteiger partial charge is 0.264 e. The topological polar surface area (TPSA) is 43.1 Å². The molecule has 0 aromatic heterocycles. The summed E-state index contributed by atoms with van der Waals surface area (Å²) in [4.78, 5) is 10.4. The highest BCUT2D eigenvalue weighted by Crippen LogP contribution is 2.28. The molecule has 0 aliphatic heterocycles. The van der Waals surface area contributed by atoms with Gasteiger partial charge in [0.2, 0.25) is 6.04 Å². The monoisotopic (exact) mass is 157 g/mol. The van der Waals surface area contributed by atoms with Crippen LogP contribution in [0.4, 0.5) is 0 Å². The van der Waals surface area contributed by atoms with Crippen LogP contribution in [-0.2, 0) is 0 Å². The smallest absolute Gasteiger partial charge is 0.215 e. The van der Waals surface area contributed by atoms with E-state index in [2.05, 4.69) is 0 Å². The number of nitrogens with zero attached hydrogens (tertiary/aromatic N) is 1. The summed E-state index contributed by atoms with van der Waals surface area (Å²) in [6, 6.07) is -0.242. The first kappa shape index (κ1) is 8.50. The molecule has 0 amide bonds. The summed E-state index contributed by atoms with van der Waals surface area (Å²) in [7, 11) is 0. The van der Waals surface area contributed by atoms with Crippen LogP contribution in [-0.4, -0.2) is 11.0 Å². The molecule has 1 aliphatic rings. The Bertz CT molecular complexity index is 147. The van der Waals surface area contributed by atoms with E-state index in [9.17, 15) is 10.1 Å². The number of hydrogen-bond donors (Lipinski definition) is 0. The van der Waals surface area contributed by atoms with Gasteiger partial charge in [-0.25, -0.2) is 0 Å². The molecule has 0 aromatic rings. The minimum absolute atomic E-state index is 0.0900. The van der Waals surface area contributed by atoms with Crippen LogP contribution in [0.25, 0.3) is 0 Å². The summed E-state index contributed by atoms with van der Waals surface area (Å²) in [5.41, 5.74) is 0. The van der Waals surface area contributed by atoms with Crippen molar-refractivity contribution >= 4 is 0 Å². The standard InChI is InChI=1S/C8H15NO2/c1-2-7-5-3-4-6-8(7)9(10)11/h7-8H,2-6H2,1H3/t7-,8+/m1/s1. The van der Waals surface area contributed by atoms with Crippen LogP contribution in [0.2, 0.25) is 0 Å². The highest BCUT2D eigenvalue weighted by Gasteiger charge is 2.32. The summed E-state index contributed by atoms with van der Waals surface area (Å²) in [6.45, 7) is 2.05. The fourth-order valence-electron chi connectivity index (χ4n) is 1.94. The van der Waals surface area contributed by atoms with Crippen molar-refractivity contribution in [2.75, 3.05) is 0 Å². The van der Waals surface area contributed by atoms with E-state index in [1.54, 1.807) is 0 Å². The molecule has 1 aliphatic carbocycles. The van der Waals surface area contributed by atoms with Gasteiger partial charge in [0.1, 0.15) is 0 Å². The lowest BCUT2D eigenvalue weighted by Crippen LogP contribution is -2.31. The van der Waals surface area contributed by atoms with E-state index in [1.807, 2.05) is 6.92 Å². The van der Waals surface area contributed by atoms with Gasteiger partial charge in [-0.05, 0) is 19.3 Å². The van der Waals surface area contributed by atoms with Gasteiger partial charge in [0.15, 0.2) is 0 Å². The normalized spacial score (nSPS) is 31.7. The summed E-state index contributed by atoms with van der Waals surface area (Å²) in [6.07, 6.45) is 5.05. The van der Waals surface area contributed by atoms with Gasteiger partial charge in [0, 0.05) is 17.3 Å². The average molecular weight is 157 g/mol. The van der Waals surface area contributed by atoms with Gasteiger partial charge >= 0.3 is 0 Å². The van der Waals surface area contributed by atoms with Crippen LogP contribution in [0.1, 0.15) is 39.0 Å². The molecule has 64 valence electrons. The molecule has 3 nitrogen and oxygen atoms in total. The van der Waals surface area contributed by atoms with Gasteiger partial charge in [0.25, 0.3) is 0 Å². The molecule has 0 saturated heterocycles. The van der Waals surface area contributed by atoms with E-state index in [0.29, 0.717) is 5.92 Å². The van der Waals surface area contributed by atoms with Crippen LogP contribution < -0.4 is 0 Å². The highest BCUT2D eigenvalue weighted by atomic mass is 16.6. The van der Waals surface area contributed by atoms with Gasteiger partial charge in [-0.2, -0.15) is 0 Å². The van der Waals surface area contributed by atoms with Crippen molar-refractivity contribution in [1.29, 1.82) is 0 Å². The summed E-state index contributed by atoms with van der Waals surface area (Å²) in [5, 5.41) is 10.5. The second kappa shape index (κ2) is 3.69. The van der Waals surface area contributed by atoms with Gasteiger partial charge in [0.05, 0.1) is 0 Å². The minimum Gasteiger partial charge on any atom is -0.264 e. The quantitative estimate of drug-likeness (QED) is 0.455. The molecule has 0 bridgehead atoms. The minimum atomic E-state index is -0.242. The molecule has 11 heavy (non-hydrogen) atoms. The second-order valence-corrected chi connectivity index (χ2v) is 3.31. The Morgan fingerprint density at radius 2 is 2.09 bits per heavy atom. The van der Waals surface area contributed by atoms with Gasteiger partial charge in [-0.1, -0.05) is 13.3 Å². The van der Waals surface area contributed by atoms with Crippen molar-refractivity contribution in [3.8, 4) is 0 Å². The zero-order chi connectivity index (χ0) is 8.27. The van der Waals surface area contributed by atoms with Crippen LogP contribution in [0.15, 0.2) is 0 Å². The Kier molecular flexibility index (Phi) is 2.85. The maximum Gasteiger partial charge on any atom is 0.215 e. The first-order chi connectivity index (χ1) is 5.25. The van der Waals surface area contributed by atoms with Crippen LogP contribution in [0.5, 0.6) is 0 Å². The Morgan fingerprint density at radius 1 is 1.45 bits per heavy atom. The van der Waals surface area contributed by atoms with Crippen molar-refractivity contribution in [2.45, 2.75) is 45.1 Å². The maximum atomic E-state index is 10.5. The van der Waals surface area contributed by atoms with E-state index >= 15 is 0 Å². The van der Waals surface area contributed by atoms with Gasteiger partial charge in [-0.3, -0.25) is 10.1 Å². The lowest BCUT2D eigenvalue weighted by molar-refractivity contribution is -0.535. The fraction of sp³-hybridized carbons (Fsp3) is 1.00. The van der Waals surface area contributed by atoms with Crippen molar-refractivity contribution in [1.82, 2.24) is 0 Å². The van der Waals surface area contributed by atoms with Gasteiger partial charge < -0.3 is 0 Å². The number of nitro groups is 1. The van der Waals surface area contributed by atoms with Crippen LogP contribution in [0, 0.1) is 16.0 Å².